The number of nitrogens with zero attached hydrogens (tertiary/aromatic N) is 7. The number of aryl methyl sites for hydroxylation is 1. The lowest BCUT2D eigenvalue weighted by Gasteiger charge is -2.39. The topological polar surface area (TPSA) is 81.4 Å². The summed E-state index contributed by atoms with van der Waals surface area (Å²) >= 11 is 6.34. The Bertz CT molecular complexity index is 987. The quantitative estimate of drug-likeness (QED) is 0.716. The lowest BCUT2D eigenvalue weighted by molar-refractivity contribution is 0.122. The van der Waals surface area contributed by atoms with Crippen molar-refractivity contribution < 1.29 is 4.74 Å². The Labute approximate surface area is 188 Å². The van der Waals surface area contributed by atoms with E-state index in [-0.39, 0.29) is 6.04 Å². The van der Waals surface area contributed by atoms with Crippen molar-refractivity contribution in [2.75, 3.05) is 61.1 Å². The van der Waals surface area contributed by atoms with Crippen LogP contribution in [0, 0.1) is 25.2 Å². The minimum absolute atomic E-state index is 0.255. The molecule has 0 aliphatic carbocycles. The summed E-state index contributed by atoms with van der Waals surface area (Å²) in [4.78, 5) is 20.6. The van der Waals surface area contributed by atoms with Crippen molar-refractivity contribution in [2.24, 2.45) is 0 Å². The largest absolute Gasteiger partial charge is 0.378 e. The van der Waals surface area contributed by atoms with E-state index in [0.29, 0.717) is 23.8 Å². The molecule has 31 heavy (non-hydrogen) atoms. The van der Waals surface area contributed by atoms with Gasteiger partial charge in [0, 0.05) is 45.5 Å². The van der Waals surface area contributed by atoms with Gasteiger partial charge in [-0.3, -0.25) is 0 Å². The van der Waals surface area contributed by atoms with Gasteiger partial charge in [0.15, 0.2) is 0 Å². The lowest BCUT2D eigenvalue weighted by atomic mass is 10.0. The third-order valence-corrected chi connectivity index (χ3v) is 6.72. The van der Waals surface area contributed by atoms with Gasteiger partial charge in [0.05, 0.1) is 29.5 Å². The van der Waals surface area contributed by atoms with Gasteiger partial charge in [0.2, 0.25) is 5.95 Å². The second-order valence-corrected chi connectivity index (χ2v) is 8.49. The van der Waals surface area contributed by atoms with Gasteiger partial charge in [-0.05, 0) is 38.3 Å². The van der Waals surface area contributed by atoms with Gasteiger partial charge >= 0.3 is 0 Å². The monoisotopic (exact) mass is 441 g/mol. The SMILES string of the molecule is Cc1nc(N2CCCC(N(C)c3ccnc(N4CCOCC4)n3)C2)c(C#N)c(C)c1Cl. The van der Waals surface area contributed by atoms with Gasteiger partial charge < -0.3 is 19.4 Å². The fourth-order valence-electron chi connectivity index (χ4n) is 4.28. The average molecular weight is 442 g/mol. The molecule has 0 spiro atoms. The summed E-state index contributed by atoms with van der Waals surface area (Å²) in [7, 11) is 2.08. The van der Waals surface area contributed by atoms with Gasteiger partial charge in [-0.15, -0.1) is 0 Å². The molecule has 0 radical (unpaired) electrons. The zero-order valence-corrected chi connectivity index (χ0v) is 19.1. The zero-order chi connectivity index (χ0) is 22.0. The minimum atomic E-state index is 0.255. The molecule has 164 valence electrons. The molecule has 4 heterocycles. The van der Waals surface area contributed by atoms with Crippen molar-refractivity contribution in [3.05, 3.63) is 34.1 Å². The molecule has 0 bridgehead atoms. The van der Waals surface area contributed by atoms with E-state index in [1.54, 1.807) is 0 Å². The summed E-state index contributed by atoms with van der Waals surface area (Å²) in [5, 5.41) is 10.3. The van der Waals surface area contributed by atoms with E-state index in [4.69, 9.17) is 21.3 Å². The highest BCUT2D eigenvalue weighted by atomic mass is 35.5. The van der Waals surface area contributed by atoms with Crippen LogP contribution in [0.3, 0.4) is 0 Å². The zero-order valence-electron chi connectivity index (χ0n) is 18.3. The standard InChI is InChI=1S/C22H28ClN7O/c1-15-18(13-24)21(26-16(2)20(15)23)30-8-4-5-17(14-30)28(3)19-6-7-25-22(27-19)29-9-11-31-12-10-29/h6-7,17H,4-5,8-12,14H2,1-3H3. The van der Waals surface area contributed by atoms with Crippen LogP contribution in [0.1, 0.15) is 29.7 Å². The lowest BCUT2D eigenvalue weighted by Crippen LogP contribution is -2.47. The maximum atomic E-state index is 9.74. The van der Waals surface area contributed by atoms with Gasteiger partial charge in [-0.25, -0.2) is 9.97 Å². The Balaban J connectivity index is 1.55. The molecule has 1 atom stereocenters. The fourth-order valence-corrected chi connectivity index (χ4v) is 4.41. The molecule has 0 N–H and O–H groups in total. The highest BCUT2D eigenvalue weighted by Gasteiger charge is 2.28. The van der Waals surface area contributed by atoms with E-state index in [1.807, 2.05) is 26.1 Å². The predicted octanol–water partition coefficient (Wildman–Crippen LogP) is 2.96. The molecule has 2 saturated heterocycles. The number of ether oxygens (including phenoxy) is 1. The number of halogens is 1. The van der Waals surface area contributed by atoms with Crippen LogP contribution in [0.2, 0.25) is 5.02 Å². The second-order valence-electron chi connectivity index (χ2n) is 8.11. The molecule has 2 aromatic rings. The summed E-state index contributed by atoms with van der Waals surface area (Å²) in [6, 6.07) is 4.52. The number of rotatable bonds is 4. The maximum Gasteiger partial charge on any atom is 0.227 e. The Morgan fingerprint density at radius 2 is 1.97 bits per heavy atom. The first kappa shape index (κ1) is 21.6. The Kier molecular flexibility index (Phi) is 6.44. The van der Waals surface area contributed by atoms with Crippen LogP contribution in [0.4, 0.5) is 17.6 Å². The van der Waals surface area contributed by atoms with E-state index in [1.165, 1.54) is 0 Å². The molecule has 2 aliphatic heterocycles. The number of piperidine rings is 1. The summed E-state index contributed by atoms with van der Waals surface area (Å²) in [5.41, 5.74) is 2.12. The van der Waals surface area contributed by atoms with E-state index < -0.39 is 0 Å². The van der Waals surface area contributed by atoms with E-state index >= 15 is 0 Å². The summed E-state index contributed by atoms with van der Waals surface area (Å²) in [5.74, 6) is 2.38. The fraction of sp³-hybridized carbons (Fsp3) is 0.545. The van der Waals surface area contributed by atoms with E-state index in [9.17, 15) is 5.26 Å². The number of aromatic nitrogens is 3. The first-order valence-electron chi connectivity index (χ1n) is 10.7. The smallest absolute Gasteiger partial charge is 0.227 e. The summed E-state index contributed by atoms with van der Waals surface area (Å²) in [6.07, 6.45) is 3.90. The summed E-state index contributed by atoms with van der Waals surface area (Å²) in [6.45, 7) is 8.45. The molecule has 4 rings (SSSR count). The number of pyridine rings is 1. The first-order valence-corrected chi connectivity index (χ1v) is 11.1. The van der Waals surface area contributed by atoms with Crippen LogP contribution in [-0.2, 0) is 4.74 Å². The van der Waals surface area contributed by atoms with Gasteiger partial charge in [-0.2, -0.15) is 10.2 Å². The number of nitriles is 1. The van der Waals surface area contributed by atoms with Crippen LogP contribution in [0.15, 0.2) is 12.3 Å². The highest BCUT2D eigenvalue weighted by molar-refractivity contribution is 6.32. The molecular weight excluding hydrogens is 414 g/mol. The molecule has 2 aromatic heterocycles. The second kappa shape index (κ2) is 9.25. The van der Waals surface area contributed by atoms with Crippen LogP contribution >= 0.6 is 11.6 Å². The predicted molar refractivity (Wildman–Crippen MR) is 122 cm³/mol. The van der Waals surface area contributed by atoms with Crippen LogP contribution < -0.4 is 14.7 Å². The molecule has 0 saturated carbocycles. The average Bonchev–Trinajstić information content (AvgIpc) is 2.82. The maximum absolute atomic E-state index is 9.74. The Morgan fingerprint density at radius 1 is 1.19 bits per heavy atom. The van der Waals surface area contributed by atoms with Gasteiger partial charge in [-0.1, -0.05) is 11.6 Å². The van der Waals surface area contributed by atoms with Crippen molar-refractivity contribution >= 4 is 29.2 Å². The van der Waals surface area contributed by atoms with Crippen molar-refractivity contribution in [2.45, 2.75) is 32.7 Å². The molecule has 0 amide bonds. The Hall–Kier alpha value is -2.63. The third-order valence-electron chi connectivity index (χ3n) is 6.16. The molecule has 2 fully saturated rings. The molecule has 0 aromatic carbocycles. The van der Waals surface area contributed by atoms with Crippen molar-refractivity contribution in [3.8, 4) is 6.07 Å². The molecule has 8 nitrogen and oxygen atoms in total. The molecular formula is C22H28ClN7O. The minimum Gasteiger partial charge on any atom is -0.378 e. The van der Waals surface area contributed by atoms with Crippen LogP contribution in [0.5, 0.6) is 0 Å². The Morgan fingerprint density at radius 3 is 2.71 bits per heavy atom. The highest BCUT2D eigenvalue weighted by Crippen LogP contribution is 2.31. The normalized spacial score (nSPS) is 19.3. The van der Waals surface area contributed by atoms with Crippen molar-refractivity contribution in [1.29, 1.82) is 5.26 Å². The van der Waals surface area contributed by atoms with Crippen LogP contribution in [0.25, 0.3) is 0 Å². The van der Waals surface area contributed by atoms with Crippen molar-refractivity contribution in [3.63, 3.8) is 0 Å². The number of hydrogen-bond donors (Lipinski definition) is 0. The number of anilines is 3. The third kappa shape index (κ3) is 4.39. The number of morpholine rings is 1. The molecule has 9 heteroatoms. The number of hydrogen-bond acceptors (Lipinski definition) is 8. The summed E-state index contributed by atoms with van der Waals surface area (Å²) < 4.78 is 5.44. The first-order chi connectivity index (χ1) is 15.0. The van der Waals surface area contributed by atoms with Crippen LogP contribution in [-0.4, -0.2) is 67.4 Å². The van der Waals surface area contributed by atoms with Gasteiger partial charge in [0.25, 0.3) is 0 Å². The molecule has 2 aliphatic rings. The van der Waals surface area contributed by atoms with Crippen molar-refractivity contribution in [1.82, 2.24) is 15.0 Å². The number of likely N-dealkylation sites (N-methyl/N-ethyl adjacent to an activating group) is 1. The van der Waals surface area contributed by atoms with E-state index in [2.05, 4.69) is 37.8 Å². The van der Waals surface area contributed by atoms with E-state index in [0.717, 1.165) is 67.9 Å². The van der Waals surface area contributed by atoms with Gasteiger partial charge in [0.1, 0.15) is 17.7 Å². The molecule has 1 unspecified atom stereocenters.